The molecule has 1 rings (SSSR count). The second kappa shape index (κ2) is 4.78. The monoisotopic (exact) mass is 198 g/mol. The number of likely N-dealkylation sites (N-methyl/N-ethyl adjacent to an activating group) is 1. The summed E-state index contributed by atoms with van der Waals surface area (Å²) >= 11 is 0. The van der Waals surface area contributed by atoms with Crippen LogP contribution in [0.5, 0.6) is 0 Å². The average Bonchev–Trinajstić information content (AvgIpc) is 2.52. The molecular weight excluding hydrogens is 176 g/mol. The lowest BCUT2D eigenvalue weighted by Gasteiger charge is -2.24. The second-order valence-electron chi connectivity index (χ2n) is 4.91. The van der Waals surface area contributed by atoms with Gasteiger partial charge in [-0.15, -0.1) is 0 Å². The zero-order chi connectivity index (χ0) is 10.6. The normalized spacial score (nSPS) is 19.6. The number of hydrogen-bond acceptors (Lipinski definition) is 2. The van der Waals surface area contributed by atoms with Crippen LogP contribution in [0.15, 0.2) is 0 Å². The number of carbonyl (C=O) groups excluding carboxylic acids is 1. The van der Waals surface area contributed by atoms with Gasteiger partial charge in [-0.25, -0.2) is 0 Å². The molecule has 0 atom stereocenters. The minimum atomic E-state index is 0.159. The Bertz CT molecular complexity index is 195. The van der Waals surface area contributed by atoms with Crippen LogP contribution in [-0.2, 0) is 4.79 Å². The number of carbonyl (C=O) groups is 1. The summed E-state index contributed by atoms with van der Waals surface area (Å²) in [5.41, 5.74) is 0.437. The van der Waals surface area contributed by atoms with Gasteiger partial charge >= 0.3 is 0 Å². The third-order valence-electron chi connectivity index (χ3n) is 3.14. The summed E-state index contributed by atoms with van der Waals surface area (Å²) in [6, 6.07) is 0. The minimum Gasteiger partial charge on any atom is -0.348 e. The van der Waals surface area contributed by atoms with Gasteiger partial charge in [0.1, 0.15) is 0 Å². The zero-order valence-electron chi connectivity index (χ0n) is 9.60. The molecule has 0 aromatic heterocycles. The largest absolute Gasteiger partial charge is 0.348 e. The number of nitrogens with one attached hydrogen (secondary N) is 1. The van der Waals surface area contributed by atoms with Gasteiger partial charge in [0.05, 0.1) is 6.54 Å². The molecule has 82 valence electrons. The summed E-state index contributed by atoms with van der Waals surface area (Å²) < 4.78 is 0. The maximum atomic E-state index is 11.3. The predicted molar refractivity (Wildman–Crippen MR) is 58.1 cm³/mol. The van der Waals surface area contributed by atoms with Crippen LogP contribution in [0.2, 0.25) is 0 Å². The van der Waals surface area contributed by atoms with Crippen molar-refractivity contribution in [1.82, 2.24) is 10.2 Å². The molecule has 3 heteroatoms. The van der Waals surface area contributed by atoms with Crippen molar-refractivity contribution in [3.8, 4) is 0 Å². The molecule has 0 unspecified atom stereocenters. The first-order chi connectivity index (χ1) is 6.53. The lowest BCUT2D eigenvalue weighted by molar-refractivity contribution is -0.127. The maximum absolute atomic E-state index is 11.3. The first-order valence-corrected chi connectivity index (χ1v) is 5.44. The van der Waals surface area contributed by atoms with E-state index in [4.69, 9.17) is 0 Å². The molecule has 0 heterocycles. The predicted octanol–water partition coefficient (Wildman–Crippen LogP) is 1.24. The number of hydrogen-bond donors (Lipinski definition) is 1. The molecule has 0 saturated heterocycles. The van der Waals surface area contributed by atoms with E-state index in [0.29, 0.717) is 12.0 Å². The SMILES string of the molecule is CN(C)C(=O)CNCC1(C)CCCC1. The Morgan fingerprint density at radius 3 is 2.43 bits per heavy atom. The highest BCUT2D eigenvalue weighted by Gasteiger charge is 2.28. The minimum absolute atomic E-state index is 0.159. The standard InChI is InChI=1S/C11H22N2O/c1-11(6-4-5-7-11)9-12-8-10(14)13(2)3/h12H,4-9H2,1-3H3. The highest BCUT2D eigenvalue weighted by Crippen LogP contribution is 2.36. The quantitative estimate of drug-likeness (QED) is 0.737. The van der Waals surface area contributed by atoms with Gasteiger partial charge in [0.25, 0.3) is 0 Å². The van der Waals surface area contributed by atoms with Crippen molar-refractivity contribution in [2.45, 2.75) is 32.6 Å². The van der Waals surface area contributed by atoms with Gasteiger partial charge in [-0.1, -0.05) is 19.8 Å². The summed E-state index contributed by atoms with van der Waals surface area (Å²) in [6.07, 6.45) is 5.30. The fourth-order valence-corrected chi connectivity index (χ4v) is 2.03. The number of amides is 1. The lowest BCUT2D eigenvalue weighted by atomic mass is 9.89. The molecule has 1 fully saturated rings. The van der Waals surface area contributed by atoms with E-state index in [-0.39, 0.29) is 5.91 Å². The number of nitrogens with zero attached hydrogens (tertiary/aromatic N) is 1. The van der Waals surface area contributed by atoms with Crippen molar-refractivity contribution >= 4 is 5.91 Å². The van der Waals surface area contributed by atoms with Crippen LogP contribution < -0.4 is 5.32 Å². The van der Waals surface area contributed by atoms with Gasteiger partial charge in [-0.2, -0.15) is 0 Å². The molecule has 3 nitrogen and oxygen atoms in total. The molecule has 0 spiro atoms. The summed E-state index contributed by atoms with van der Waals surface area (Å²) in [6.45, 7) is 3.77. The molecule has 1 aliphatic carbocycles. The molecule has 0 radical (unpaired) electrons. The van der Waals surface area contributed by atoms with Gasteiger partial charge in [-0.05, 0) is 18.3 Å². The van der Waals surface area contributed by atoms with Crippen LogP contribution in [0.25, 0.3) is 0 Å². The third kappa shape index (κ3) is 3.29. The van der Waals surface area contributed by atoms with Crippen molar-refractivity contribution in [2.24, 2.45) is 5.41 Å². The van der Waals surface area contributed by atoms with Gasteiger partial charge in [0.15, 0.2) is 0 Å². The average molecular weight is 198 g/mol. The van der Waals surface area contributed by atoms with Gasteiger partial charge in [0, 0.05) is 20.6 Å². The summed E-state index contributed by atoms with van der Waals surface area (Å²) in [7, 11) is 3.59. The molecule has 14 heavy (non-hydrogen) atoms. The Morgan fingerprint density at radius 2 is 1.93 bits per heavy atom. The first kappa shape index (κ1) is 11.5. The third-order valence-corrected chi connectivity index (χ3v) is 3.14. The lowest BCUT2D eigenvalue weighted by Crippen LogP contribution is -2.37. The highest BCUT2D eigenvalue weighted by atomic mass is 16.2. The van der Waals surface area contributed by atoms with Crippen molar-refractivity contribution < 1.29 is 4.79 Å². The molecule has 0 aliphatic heterocycles. The van der Waals surface area contributed by atoms with Crippen LogP contribution in [0, 0.1) is 5.41 Å². The molecule has 0 aromatic rings. The summed E-state index contributed by atoms with van der Waals surface area (Å²) in [4.78, 5) is 12.9. The van der Waals surface area contributed by atoms with Crippen LogP contribution in [0.3, 0.4) is 0 Å². The van der Waals surface area contributed by atoms with Gasteiger partial charge in [0.2, 0.25) is 5.91 Å². The summed E-state index contributed by atoms with van der Waals surface area (Å²) in [5.74, 6) is 0.159. The smallest absolute Gasteiger partial charge is 0.236 e. The van der Waals surface area contributed by atoms with E-state index in [2.05, 4.69) is 12.2 Å². The Morgan fingerprint density at radius 1 is 1.36 bits per heavy atom. The van der Waals surface area contributed by atoms with Gasteiger partial charge in [-0.3, -0.25) is 4.79 Å². The molecule has 1 N–H and O–H groups in total. The van der Waals surface area contributed by atoms with Gasteiger partial charge < -0.3 is 10.2 Å². The second-order valence-corrected chi connectivity index (χ2v) is 4.91. The van der Waals surface area contributed by atoms with E-state index in [1.807, 2.05) is 0 Å². The molecule has 0 bridgehead atoms. The van der Waals surface area contributed by atoms with Crippen LogP contribution in [0.1, 0.15) is 32.6 Å². The first-order valence-electron chi connectivity index (χ1n) is 5.44. The van der Waals surface area contributed by atoms with E-state index >= 15 is 0 Å². The van der Waals surface area contributed by atoms with E-state index in [0.717, 1.165) is 6.54 Å². The Balaban J connectivity index is 2.17. The van der Waals surface area contributed by atoms with E-state index < -0.39 is 0 Å². The van der Waals surface area contributed by atoms with E-state index in [9.17, 15) is 4.79 Å². The van der Waals surface area contributed by atoms with E-state index in [1.54, 1.807) is 19.0 Å². The fourth-order valence-electron chi connectivity index (χ4n) is 2.03. The van der Waals surface area contributed by atoms with Crippen molar-refractivity contribution in [3.05, 3.63) is 0 Å². The topological polar surface area (TPSA) is 32.3 Å². The van der Waals surface area contributed by atoms with Crippen LogP contribution >= 0.6 is 0 Å². The molecule has 1 aliphatic rings. The Hall–Kier alpha value is -0.570. The van der Waals surface area contributed by atoms with E-state index in [1.165, 1.54) is 25.7 Å². The molecule has 1 amide bonds. The summed E-state index contributed by atoms with van der Waals surface area (Å²) in [5, 5.41) is 3.26. The molecule has 0 aromatic carbocycles. The van der Waals surface area contributed by atoms with Crippen LogP contribution in [-0.4, -0.2) is 38.0 Å². The Labute approximate surface area is 86.9 Å². The Kier molecular flexibility index (Phi) is 3.93. The molecular formula is C11H22N2O. The maximum Gasteiger partial charge on any atom is 0.236 e. The number of rotatable bonds is 4. The highest BCUT2D eigenvalue weighted by molar-refractivity contribution is 5.77. The fraction of sp³-hybridized carbons (Fsp3) is 0.909. The molecule has 1 saturated carbocycles. The van der Waals surface area contributed by atoms with Crippen LogP contribution in [0.4, 0.5) is 0 Å². The van der Waals surface area contributed by atoms with Crippen molar-refractivity contribution in [1.29, 1.82) is 0 Å². The van der Waals surface area contributed by atoms with Crippen molar-refractivity contribution in [2.75, 3.05) is 27.2 Å². The van der Waals surface area contributed by atoms with Crippen molar-refractivity contribution in [3.63, 3.8) is 0 Å². The zero-order valence-corrected chi connectivity index (χ0v) is 9.60.